The SMILES string of the molecule is C=C(C)COCCNC(=O)c1c(C)oc(C)c1C. The number of hydrogen-bond donors (Lipinski definition) is 1. The normalized spacial score (nSPS) is 10.4. The molecule has 1 N–H and O–H groups in total. The second-order valence-electron chi connectivity index (χ2n) is 4.48. The molecule has 1 rings (SSSR count). The molecule has 1 aromatic heterocycles. The molecular weight excluding hydrogens is 230 g/mol. The van der Waals surface area contributed by atoms with E-state index in [1.54, 1.807) is 6.92 Å². The van der Waals surface area contributed by atoms with Crippen molar-refractivity contribution < 1.29 is 13.9 Å². The van der Waals surface area contributed by atoms with Gasteiger partial charge in [-0.25, -0.2) is 0 Å². The van der Waals surface area contributed by atoms with Gasteiger partial charge in [-0.05, 0) is 27.7 Å². The van der Waals surface area contributed by atoms with E-state index in [9.17, 15) is 4.79 Å². The number of rotatable bonds is 6. The Bertz CT molecular complexity index is 446. The Labute approximate surface area is 108 Å². The summed E-state index contributed by atoms with van der Waals surface area (Å²) in [5.41, 5.74) is 2.50. The van der Waals surface area contributed by atoms with Crippen LogP contribution in [0.3, 0.4) is 0 Å². The van der Waals surface area contributed by atoms with Gasteiger partial charge in [0.15, 0.2) is 0 Å². The lowest BCUT2D eigenvalue weighted by Gasteiger charge is -2.06. The van der Waals surface area contributed by atoms with Gasteiger partial charge in [-0.3, -0.25) is 4.79 Å². The molecule has 0 radical (unpaired) electrons. The van der Waals surface area contributed by atoms with Crippen molar-refractivity contribution in [3.8, 4) is 0 Å². The van der Waals surface area contributed by atoms with Gasteiger partial charge >= 0.3 is 0 Å². The minimum Gasteiger partial charge on any atom is -0.466 e. The molecular formula is C14H21NO3. The Morgan fingerprint density at radius 2 is 2.00 bits per heavy atom. The van der Waals surface area contributed by atoms with Gasteiger partial charge in [0, 0.05) is 12.1 Å². The summed E-state index contributed by atoms with van der Waals surface area (Å²) in [6, 6.07) is 0. The third-order valence-corrected chi connectivity index (χ3v) is 2.67. The second kappa shape index (κ2) is 6.40. The first kappa shape index (κ1) is 14.5. The number of nitrogens with one attached hydrogen (secondary N) is 1. The van der Waals surface area contributed by atoms with E-state index >= 15 is 0 Å². The maximum atomic E-state index is 12.0. The maximum Gasteiger partial charge on any atom is 0.255 e. The van der Waals surface area contributed by atoms with Gasteiger partial charge in [0.25, 0.3) is 5.91 Å². The molecule has 0 saturated carbocycles. The number of amides is 1. The summed E-state index contributed by atoms with van der Waals surface area (Å²) >= 11 is 0. The van der Waals surface area contributed by atoms with Crippen LogP contribution in [0.2, 0.25) is 0 Å². The van der Waals surface area contributed by atoms with Gasteiger partial charge in [0.05, 0.1) is 18.8 Å². The molecule has 0 fully saturated rings. The van der Waals surface area contributed by atoms with Crippen LogP contribution < -0.4 is 5.32 Å². The number of carbonyl (C=O) groups excluding carboxylic acids is 1. The molecule has 0 spiro atoms. The largest absolute Gasteiger partial charge is 0.466 e. The topological polar surface area (TPSA) is 51.5 Å². The van der Waals surface area contributed by atoms with Gasteiger partial charge in [0.2, 0.25) is 0 Å². The maximum absolute atomic E-state index is 12.0. The number of carbonyl (C=O) groups is 1. The van der Waals surface area contributed by atoms with Crippen LogP contribution in [0.4, 0.5) is 0 Å². The Balaban J connectivity index is 2.44. The van der Waals surface area contributed by atoms with E-state index in [-0.39, 0.29) is 5.91 Å². The fraction of sp³-hybridized carbons (Fsp3) is 0.500. The molecule has 18 heavy (non-hydrogen) atoms. The molecule has 100 valence electrons. The quantitative estimate of drug-likeness (QED) is 0.624. The Kier molecular flexibility index (Phi) is 5.16. The molecule has 1 amide bonds. The Hall–Kier alpha value is -1.55. The van der Waals surface area contributed by atoms with Crippen LogP contribution in [-0.4, -0.2) is 25.7 Å². The molecule has 1 aromatic rings. The molecule has 4 heteroatoms. The van der Waals surface area contributed by atoms with E-state index in [2.05, 4.69) is 11.9 Å². The van der Waals surface area contributed by atoms with E-state index < -0.39 is 0 Å². The molecule has 1 heterocycles. The first-order chi connectivity index (χ1) is 8.43. The number of hydrogen-bond acceptors (Lipinski definition) is 3. The van der Waals surface area contributed by atoms with Gasteiger partial charge < -0.3 is 14.5 Å². The van der Waals surface area contributed by atoms with Gasteiger partial charge in [-0.15, -0.1) is 0 Å². The Morgan fingerprint density at radius 1 is 1.33 bits per heavy atom. The number of aryl methyl sites for hydroxylation is 2. The highest BCUT2D eigenvalue weighted by atomic mass is 16.5. The lowest BCUT2D eigenvalue weighted by atomic mass is 10.1. The number of ether oxygens (including phenoxy) is 1. The van der Waals surface area contributed by atoms with Crippen LogP contribution in [0, 0.1) is 20.8 Å². The molecule has 0 atom stereocenters. The summed E-state index contributed by atoms with van der Waals surface area (Å²) < 4.78 is 10.7. The summed E-state index contributed by atoms with van der Waals surface area (Å²) in [5, 5.41) is 2.81. The highest BCUT2D eigenvalue weighted by molar-refractivity contribution is 5.96. The fourth-order valence-corrected chi connectivity index (χ4v) is 1.70. The standard InChI is InChI=1S/C14H21NO3/c1-9(2)8-17-7-6-15-14(16)13-10(3)11(4)18-12(13)5/h1,6-8H2,2-5H3,(H,15,16). The fourth-order valence-electron chi connectivity index (χ4n) is 1.70. The predicted molar refractivity (Wildman–Crippen MR) is 70.9 cm³/mol. The molecule has 0 bridgehead atoms. The first-order valence-electron chi connectivity index (χ1n) is 6.00. The average Bonchev–Trinajstić information content (AvgIpc) is 2.52. The van der Waals surface area contributed by atoms with Crippen molar-refractivity contribution in [2.45, 2.75) is 27.7 Å². The van der Waals surface area contributed by atoms with E-state index in [1.165, 1.54) is 0 Å². The predicted octanol–water partition coefficient (Wildman–Crippen LogP) is 2.53. The van der Waals surface area contributed by atoms with Crippen molar-refractivity contribution in [1.82, 2.24) is 5.32 Å². The van der Waals surface area contributed by atoms with Crippen LogP contribution in [0.15, 0.2) is 16.6 Å². The van der Waals surface area contributed by atoms with E-state index in [4.69, 9.17) is 9.15 Å². The highest BCUT2D eigenvalue weighted by Crippen LogP contribution is 2.20. The third kappa shape index (κ3) is 3.74. The van der Waals surface area contributed by atoms with Gasteiger partial charge in [0.1, 0.15) is 11.5 Å². The van der Waals surface area contributed by atoms with Gasteiger partial charge in [-0.2, -0.15) is 0 Å². The van der Waals surface area contributed by atoms with Crippen molar-refractivity contribution >= 4 is 5.91 Å². The minimum atomic E-state index is -0.110. The Morgan fingerprint density at radius 3 is 2.50 bits per heavy atom. The zero-order valence-electron chi connectivity index (χ0n) is 11.6. The molecule has 0 aromatic carbocycles. The van der Waals surface area contributed by atoms with Crippen LogP contribution in [0.5, 0.6) is 0 Å². The van der Waals surface area contributed by atoms with E-state index in [1.807, 2.05) is 20.8 Å². The summed E-state index contributed by atoms with van der Waals surface area (Å²) in [6.07, 6.45) is 0. The molecule has 0 unspecified atom stereocenters. The molecule has 0 saturated heterocycles. The second-order valence-corrected chi connectivity index (χ2v) is 4.48. The minimum absolute atomic E-state index is 0.110. The molecule has 0 aliphatic heterocycles. The summed E-state index contributed by atoms with van der Waals surface area (Å²) in [5.74, 6) is 1.34. The van der Waals surface area contributed by atoms with Crippen molar-refractivity contribution in [3.05, 3.63) is 34.8 Å². The summed E-state index contributed by atoms with van der Waals surface area (Å²) in [4.78, 5) is 12.0. The lowest BCUT2D eigenvalue weighted by molar-refractivity contribution is 0.0925. The van der Waals surface area contributed by atoms with Crippen LogP contribution in [0.25, 0.3) is 0 Å². The van der Waals surface area contributed by atoms with Crippen LogP contribution >= 0.6 is 0 Å². The first-order valence-corrected chi connectivity index (χ1v) is 6.00. The number of furan rings is 1. The molecule has 4 nitrogen and oxygen atoms in total. The average molecular weight is 251 g/mol. The zero-order chi connectivity index (χ0) is 13.7. The smallest absolute Gasteiger partial charge is 0.255 e. The van der Waals surface area contributed by atoms with Crippen LogP contribution in [0.1, 0.15) is 34.4 Å². The van der Waals surface area contributed by atoms with E-state index in [0.717, 1.165) is 16.9 Å². The monoisotopic (exact) mass is 251 g/mol. The van der Waals surface area contributed by atoms with Crippen molar-refractivity contribution in [3.63, 3.8) is 0 Å². The molecule has 0 aliphatic rings. The van der Waals surface area contributed by atoms with Crippen molar-refractivity contribution in [2.75, 3.05) is 19.8 Å². The third-order valence-electron chi connectivity index (χ3n) is 2.67. The summed E-state index contributed by atoms with van der Waals surface area (Å²) in [7, 11) is 0. The highest BCUT2D eigenvalue weighted by Gasteiger charge is 2.17. The van der Waals surface area contributed by atoms with Crippen molar-refractivity contribution in [1.29, 1.82) is 0 Å². The van der Waals surface area contributed by atoms with E-state index in [0.29, 0.717) is 31.1 Å². The zero-order valence-corrected chi connectivity index (χ0v) is 11.6. The van der Waals surface area contributed by atoms with Crippen molar-refractivity contribution in [2.24, 2.45) is 0 Å². The molecule has 0 aliphatic carbocycles. The summed E-state index contributed by atoms with van der Waals surface area (Å²) in [6.45, 7) is 12.7. The lowest BCUT2D eigenvalue weighted by Crippen LogP contribution is -2.28. The van der Waals surface area contributed by atoms with Gasteiger partial charge in [-0.1, -0.05) is 12.2 Å². The van der Waals surface area contributed by atoms with Crippen LogP contribution in [-0.2, 0) is 4.74 Å².